The second-order valence-corrected chi connectivity index (χ2v) is 4.54. The number of carbonyl (C=O) groups is 2. The predicted molar refractivity (Wildman–Crippen MR) is 79.2 cm³/mol. The van der Waals surface area contributed by atoms with Crippen molar-refractivity contribution in [1.82, 2.24) is 4.68 Å². The van der Waals surface area contributed by atoms with Gasteiger partial charge in [-0.05, 0) is 24.3 Å². The number of benzene rings is 1. The number of nitrogen functional groups attached to an aromatic ring is 1. The number of rotatable bonds is 5. The summed E-state index contributed by atoms with van der Waals surface area (Å²) >= 11 is 0. The van der Waals surface area contributed by atoms with Crippen LogP contribution in [0.4, 0.5) is 10.5 Å². The molecule has 2 rings (SSSR count). The van der Waals surface area contributed by atoms with Crippen LogP contribution in [0.5, 0.6) is 0 Å². The number of carboxylic acid groups (broad SMARTS) is 1. The summed E-state index contributed by atoms with van der Waals surface area (Å²) in [4.78, 5) is 21.8. The van der Waals surface area contributed by atoms with Crippen LogP contribution in [0, 0.1) is 0 Å². The van der Waals surface area contributed by atoms with Crippen LogP contribution in [-0.4, -0.2) is 21.8 Å². The molecule has 21 heavy (non-hydrogen) atoms. The van der Waals surface area contributed by atoms with Gasteiger partial charge in [0.05, 0.1) is 12.1 Å². The third-order valence-corrected chi connectivity index (χ3v) is 2.99. The van der Waals surface area contributed by atoms with Crippen LogP contribution in [0.15, 0.2) is 36.4 Å². The van der Waals surface area contributed by atoms with Gasteiger partial charge in [-0.25, -0.2) is 10.2 Å². The van der Waals surface area contributed by atoms with Crippen LogP contribution in [0.25, 0.3) is 11.3 Å². The van der Waals surface area contributed by atoms with Crippen molar-refractivity contribution in [2.75, 3.05) is 11.2 Å². The molecule has 0 spiro atoms. The Morgan fingerprint density at radius 1 is 1.14 bits per heavy atom. The number of amides is 2. The molecule has 0 aliphatic rings. The summed E-state index contributed by atoms with van der Waals surface area (Å²) in [5.74, 6) is -0.907. The molecule has 0 bridgehead atoms. The molecule has 0 saturated heterocycles. The molecule has 0 radical (unpaired) electrons. The van der Waals surface area contributed by atoms with Gasteiger partial charge in [-0.15, -0.1) is 0 Å². The van der Waals surface area contributed by atoms with Crippen LogP contribution in [0.2, 0.25) is 0 Å². The first kappa shape index (κ1) is 14.4. The molecule has 6 N–H and O–H groups in total. The molecule has 1 aromatic heterocycles. The standard InChI is InChI=1S/C14H16N4O3/c15-10-3-1-9(2-4-10)12-7-5-11(6-8-13(19)20)18(12)17-14(16)21/h1-5,7H,6,8,15H2,(H,19,20)(H3,16,17,21). The van der Waals surface area contributed by atoms with E-state index in [0.717, 1.165) is 5.56 Å². The van der Waals surface area contributed by atoms with Crippen molar-refractivity contribution in [2.24, 2.45) is 5.73 Å². The van der Waals surface area contributed by atoms with Gasteiger partial charge in [0.1, 0.15) is 0 Å². The molecule has 1 aromatic carbocycles. The predicted octanol–water partition coefficient (Wildman–Crippen LogP) is 1.38. The molecular weight excluding hydrogens is 272 g/mol. The van der Waals surface area contributed by atoms with E-state index in [0.29, 0.717) is 17.1 Å². The lowest BCUT2D eigenvalue weighted by atomic mass is 10.1. The lowest BCUT2D eigenvalue weighted by Gasteiger charge is -2.13. The summed E-state index contributed by atoms with van der Waals surface area (Å²) in [6, 6.07) is 9.93. The fourth-order valence-corrected chi connectivity index (χ4v) is 2.03. The Hall–Kier alpha value is -2.96. The fourth-order valence-electron chi connectivity index (χ4n) is 2.03. The summed E-state index contributed by atoms with van der Waals surface area (Å²) in [6.07, 6.45) is 0.246. The Balaban J connectivity index is 2.38. The number of anilines is 1. The van der Waals surface area contributed by atoms with E-state index < -0.39 is 12.0 Å². The molecule has 7 heteroatoms. The van der Waals surface area contributed by atoms with Crippen molar-refractivity contribution in [3.8, 4) is 11.3 Å². The van der Waals surface area contributed by atoms with E-state index >= 15 is 0 Å². The number of nitrogens with zero attached hydrogens (tertiary/aromatic N) is 1. The van der Waals surface area contributed by atoms with Gasteiger partial charge < -0.3 is 16.6 Å². The zero-order chi connectivity index (χ0) is 15.4. The lowest BCUT2D eigenvalue weighted by molar-refractivity contribution is -0.136. The molecule has 0 aliphatic heterocycles. The smallest absolute Gasteiger partial charge is 0.331 e. The second-order valence-electron chi connectivity index (χ2n) is 4.54. The first-order valence-corrected chi connectivity index (χ1v) is 6.32. The van der Waals surface area contributed by atoms with Gasteiger partial charge in [-0.2, -0.15) is 0 Å². The average molecular weight is 288 g/mol. The maximum absolute atomic E-state index is 11.1. The summed E-state index contributed by atoms with van der Waals surface area (Å²) in [5.41, 5.74) is 16.1. The Labute approximate surface area is 121 Å². The molecule has 0 aliphatic carbocycles. The number of aliphatic carboxylic acids is 1. The van der Waals surface area contributed by atoms with Crippen molar-refractivity contribution in [1.29, 1.82) is 0 Å². The maximum Gasteiger partial charge on any atom is 0.331 e. The minimum atomic E-state index is -0.907. The van der Waals surface area contributed by atoms with E-state index in [-0.39, 0.29) is 12.8 Å². The Bertz CT molecular complexity index is 661. The van der Waals surface area contributed by atoms with Gasteiger partial charge in [0.15, 0.2) is 0 Å². The molecule has 7 nitrogen and oxygen atoms in total. The van der Waals surface area contributed by atoms with Crippen molar-refractivity contribution in [3.63, 3.8) is 0 Å². The van der Waals surface area contributed by atoms with Crippen LogP contribution >= 0.6 is 0 Å². The largest absolute Gasteiger partial charge is 0.481 e. The summed E-state index contributed by atoms with van der Waals surface area (Å²) in [6.45, 7) is 0. The van der Waals surface area contributed by atoms with Crippen molar-refractivity contribution in [3.05, 3.63) is 42.1 Å². The summed E-state index contributed by atoms with van der Waals surface area (Å²) < 4.78 is 1.50. The molecule has 0 saturated carbocycles. The summed E-state index contributed by atoms with van der Waals surface area (Å²) in [5, 5.41) is 8.77. The highest BCUT2D eigenvalue weighted by Gasteiger charge is 2.12. The van der Waals surface area contributed by atoms with E-state index in [1.807, 2.05) is 12.1 Å². The van der Waals surface area contributed by atoms with Gasteiger partial charge >= 0.3 is 12.0 Å². The average Bonchev–Trinajstić information content (AvgIpc) is 2.79. The number of carbonyl (C=O) groups excluding carboxylic acids is 1. The molecule has 0 fully saturated rings. The number of hydrogen-bond acceptors (Lipinski definition) is 3. The second kappa shape index (κ2) is 6.00. The highest BCUT2D eigenvalue weighted by molar-refractivity contribution is 5.81. The summed E-state index contributed by atoms with van der Waals surface area (Å²) in [7, 11) is 0. The normalized spacial score (nSPS) is 10.3. The van der Waals surface area contributed by atoms with Gasteiger partial charge in [0, 0.05) is 23.4 Å². The highest BCUT2D eigenvalue weighted by Crippen LogP contribution is 2.23. The lowest BCUT2D eigenvalue weighted by Crippen LogP contribution is -2.30. The van der Waals surface area contributed by atoms with Crippen LogP contribution in [-0.2, 0) is 11.2 Å². The molecule has 110 valence electrons. The number of nitrogens with one attached hydrogen (secondary N) is 1. The van der Waals surface area contributed by atoms with E-state index in [2.05, 4.69) is 5.43 Å². The van der Waals surface area contributed by atoms with Crippen LogP contribution in [0.1, 0.15) is 12.1 Å². The monoisotopic (exact) mass is 288 g/mol. The van der Waals surface area contributed by atoms with Gasteiger partial charge in [0.2, 0.25) is 0 Å². The molecule has 0 unspecified atom stereocenters. The van der Waals surface area contributed by atoms with E-state index in [4.69, 9.17) is 16.6 Å². The van der Waals surface area contributed by atoms with Crippen LogP contribution in [0.3, 0.4) is 0 Å². The SMILES string of the molecule is NC(=O)Nn1c(CCC(=O)O)ccc1-c1ccc(N)cc1. The van der Waals surface area contributed by atoms with E-state index in [1.54, 1.807) is 24.3 Å². The number of aryl methyl sites for hydroxylation is 1. The van der Waals surface area contributed by atoms with Crippen molar-refractivity contribution >= 4 is 17.7 Å². The minimum Gasteiger partial charge on any atom is -0.481 e. The minimum absolute atomic E-state index is 0.0361. The molecule has 2 amide bonds. The van der Waals surface area contributed by atoms with E-state index in [1.165, 1.54) is 4.68 Å². The molecule has 2 aromatic rings. The van der Waals surface area contributed by atoms with E-state index in [9.17, 15) is 9.59 Å². The number of carboxylic acids is 1. The highest BCUT2D eigenvalue weighted by atomic mass is 16.4. The maximum atomic E-state index is 11.1. The zero-order valence-electron chi connectivity index (χ0n) is 11.2. The number of nitrogens with two attached hydrogens (primary N) is 2. The van der Waals surface area contributed by atoms with Gasteiger partial charge in [0.25, 0.3) is 0 Å². The molecule has 1 heterocycles. The third-order valence-electron chi connectivity index (χ3n) is 2.99. The first-order valence-electron chi connectivity index (χ1n) is 6.32. The Morgan fingerprint density at radius 2 is 1.81 bits per heavy atom. The fraction of sp³-hybridized carbons (Fsp3) is 0.143. The topological polar surface area (TPSA) is 123 Å². The van der Waals surface area contributed by atoms with Gasteiger partial charge in [-0.1, -0.05) is 12.1 Å². The molecule has 0 atom stereocenters. The number of aromatic nitrogens is 1. The Kier molecular flexibility index (Phi) is 4.13. The quantitative estimate of drug-likeness (QED) is 0.620. The third kappa shape index (κ3) is 3.53. The Morgan fingerprint density at radius 3 is 2.38 bits per heavy atom. The molecular formula is C14H16N4O3. The first-order chi connectivity index (χ1) is 9.97. The zero-order valence-corrected chi connectivity index (χ0v) is 11.2. The number of hydrogen-bond donors (Lipinski definition) is 4. The van der Waals surface area contributed by atoms with Gasteiger partial charge in [-0.3, -0.25) is 9.47 Å². The number of urea groups is 1. The van der Waals surface area contributed by atoms with Crippen LogP contribution < -0.4 is 16.9 Å². The van der Waals surface area contributed by atoms with Crippen molar-refractivity contribution in [2.45, 2.75) is 12.8 Å². The van der Waals surface area contributed by atoms with Crippen molar-refractivity contribution < 1.29 is 14.7 Å². The number of primary amides is 1.